The van der Waals surface area contributed by atoms with E-state index in [9.17, 15) is 18.5 Å². The van der Waals surface area contributed by atoms with Gasteiger partial charge in [-0.05, 0) is 30.3 Å². The number of nitrogens with one attached hydrogen (secondary N) is 1. The number of nitrogens with zero attached hydrogens (tertiary/aromatic N) is 2. The maximum Gasteiger partial charge on any atom is 0.269 e. The third-order valence-corrected chi connectivity index (χ3v) is 5.45. The van der Waals surface area contributed by atoms with Crippen LogP contribution in [0, 0.1) is 10.1 Å². The van der Waals surface area contributed by atoms with Crippen LogP contribution < -0.4 is 14.2 Å². The molecule has 0 spiro atoms. The first-order valence-corrected chi connectivity index (χ1v) is 9.74. The summed E-state index contributed by atoms with van der Waals surface area (Å²) in [6, 6.07) is 11.4. The van der Waals surface area contributed by atoms with Gasteiger partial charge in [-0.2, -0.15) is 0 Å². The number of nitro groups is 1. The molecular weight excluding hydrogens is 402 g/mol. The van der Waals surface area contributed by atoms with Crippen LogP contribution >= 0.6 is 0 Å². The van der Waals surface area contributed by atoms with E-state index in [1.165, 1.54) is 14.2 Å². The van der Waals surface area contributed by atoms with Crippen molar-refractivity contribution in [1.29, 1.82) is 0 Å². The van der Waals surface area contributed by atoms with Gasteiger partial charge in [0, 0.05) is 23.8 Å². The van der Waals surface area contributed by atoms with Gasteiger partial charge in [-0.1, -0.05) is 5.16 Å². The first-order chi connectivity index (χ1) is 13.8. The van der Waals surface area contributed by atoms with Gasteiger partial charge in [0.15, 0.2) is 17.3 Å². The highest BCUT2D eigenvalue weighted by Gasteiger charge is 2.17. The lowest BCUT2D eigenvalue weighted by atomic mass is 10.1. The van der Waals surface area contributed by atoms with Crippen LogP contribution in [0.5, 0.6) is 11.5 Å². The number of benzene rings is 2. The summed E-state index contributed by atoms with van der Waals surface area (Å²) in [5.74, 6) is 1.38. The quantitative estimate of drug-likeness (QED) is 0.435. The highest BCUT2D eigenvalue weighted by Crippen LogP contribution is 2.32. The Hall–Kier alpha value is -3.44. The van der Waals surface area contributed by atoms with E-state index in [1.807, 2.05) is 0 Å². The maximum absolute atomic E-state index is 12.3. The first-order valence-electron chi connectivity index (χ1n) is 8.26. The van der Waals surface area contributed by atoms with E-state index in [2.05, 4.69) is 9.88 Å². The molecule has 0 saturated carbocycles. The van der Waals surface area contributed by atoms with E-state index in [1.54, 1.807) is 24.3 Å². The molecule has 0 aliphatic heterocycles. The van der Waals surface area contributed by atoms with Crippen molar-refractivity contribution in [2.24, 2.45) is 0 Å². The van der Waals surface area contributed by atoms with E-state index < -0.39 is 14.9 Å². The summed E-state index contributed by atoms with van der Waals surface area (Å²) in [5, 5.41) is 14.6. The zero-order valence-corrected chi connectivity index (χ0v) is 16.3. The van der Waals surface area contributed by atoms with Gasteiger partial charge in [0.2, 0.25) is 10.0 Å². The highest BCUT2D eigenvalue weighted by atomic mass is 32.2. The van der Waals surface area contributed by atoms with Crippen molar-refractivity contribution in [2.75, 3.05) is 14.2 Å². The largest absolute Gasteiger partial charge is 0.493 e. The Balaban J connectivity index is 1.72. The molecule has 3 rings (SSSR count). The molecule has 0 amide bonds. The van der Waals surface area contributed by atoms with Crippen molar-refractivity contribution >= 4 is 15.7 Å². The number of hydrogen-bond acceptors (Lipinski definition) is 8. The Labute approximate surface area is 166 Å². The van der Waals surface area contributed by atoms with Crippen molar-refractivity contribution in [3.63, 3.8) is 0 Å². The van der Waals surface area contributed by atoms with Crippen LogP contribution in [0.25, 0.3) is 11.3 Å². The molecule has 152 valence electrons. The van der Waals surface area contributed by atoms with Gasteiger partial charge < -0.3 is 14.0 Å². The summed E-state index contributed by atoms with van der Waals surface area (Å²) in [6.45, 7) is -0.139. The number of rotatable bonds is 8. The summed E-state index contributed by atoms with van der Waals surface area (Å²) < 4.78 is 42.7. The second-order valence-corrected chi connectivity index (χ2v) is 7.59. The van der Waals surface area contributed by atoms with Gasteiger partial charge in [0.05, 0.1) is 30.6 Å². The Morgan fingerprint density at radius 2 is 1.76 bits per heavy atom. The number of hydrogen-bond donors (Lipinski definition) is 1. The molecular formula is C18H17N3O7S. The van der Waals surface area contributed by atoms with Crippen molar-refractivity contribution in [3.05, 3.63) is 64.4 Å². The van der Waals surface area contributed by atoms with Crippen LogP contribution in [0.2, 0.25) is 0 Å². The molecule has 0 unspecified atom stereocenters. The van der Waals surface area contributed by atoms with Gasteiger partial charge in [-0.25, -0.2) is 13.1 Å². The zero-order valence-electron chi connectivity index (χ0n) is 15.5. The van der Waals surface area contributed by atoms with Crippen molar-refractivity contribution in [3.8, 4) is 22.8 Å². The molecule has 0 atom stereocenters. The summed E-state index contributed by atoms with van der Waals surface area (Å²) in [4.78, 5) is 9.98. The number of non-ortho nitro benzene ring substituents is 1. The Morgan fingerprint density at radius 1 is 1.07 bits per heavy atom. The van der Waals surface area contributed by atoms with Crippen LogP contribution in [0.1, 0.15) is 5.76 Å². The molecule has 0 saturated heterocycles. The number of sulfonamides is 1. The Morgan fingerprint density at radius 3 is 2.38 bits per heavy atom. The van der Waals surface area contributed by atoms with Gasteiger partial charge in [0.25, 0.3) is 5.69 Å². The molecule has 2 aromatic carbocycles. The smallest absolute Gasteiger partial charge is 0.269 e. The molecule has 11 heteroatoms. The van der Waals surface area contributed by atoms with Crippen LogP contribution in [-0.2, 0) is 16.6 Å². The summed E-state index contributed by atoms with van der Waals surface area (Å²) in [6.07, 6.45) is 0. The molecule has 1 heterocycles. The second kappa shape index (κ2) is 8.29. The fourth-order valence-electron chi connectivity index (χ4n) is 2.52. The minimum atomic E-state index is -3.87. The van der Waals surface area contributed by atoms with E-state index in [0.717, 1.165) is 24.3 Å². The average molecular weight is 419 g/mol. The normalized spacial score (nSPS) is 11.2. The Kier molecular flexibility index (Phi) is 5.80. The van der Waals surface area contributed by atoms with Crippen molar-refractivity contribution in [1.82, 2.24) is 9.88 Å². The number of methoxy groups -OCH3 is 2. The minimum absolute atomic E-state index is 0.0947. The van der Waals surface area contributed by atoms with E-state index in [4.69, 9.17) is 14.0 Å². The fourth-order valence-corrected chi connectivity index (χ4v) is 3.52. The minimum Gasteiger partial charge on any atom is -0.493 e. The number of ether oxygens (including phenoxy) is 2. The molecule has 1 aromatic heterocycles. The zero-order chi connectivity index (χ0) is 21.0. The molecule has 10 nitrogen and oxygen atoms in total. The lowest BCUT2D eigenvalue weighted by Gasteiger charge is -2.07. The van der Waals surface area contributed by atoms with Gasteiger partial charge >= 0.3 is 0 Å². The maximum atomic E-state index is 12.3. The topological polar surface area (TPSA) is 134 Å². The highest BCUT2D eigenvalue weighted by molar-refractivity contribution is 7.89. The van der Waals surface area contributed by atoms with E-state index >= 15 is 0 Å². The first kappa shape index (κ1) is 20.3. The van der Waals surface area contributed by atoms with Gasteiger partial charge in [-0.15, -0.1) is 0 Å². The number of aromatic nitrogens is 1. The summed E-state index contributed by atoms with van der Waals surface area (Å²) in [7, 11) is -0.826. The molecule has 0 radical (unpaired) electrons. The standard InChI is InChI=1S/C18H17N3O7S/c1-26-17-8-3-12(9-18(17)27-2)16-10-14(28-20-16)11-19-29(24,25)15-6-4-13(5-7-15)21(22)23/h3-10,19H,11H2,1-2H3. The molecule has 1 N–H and O–H groups in total. The lowest BCUT2D eigenvalue weighted by molar-refractivity contribution is -0.384. The lowest BCUT2D eigenvalue weighted by Crippen LogP contribution is -2.22. The molecule has 0 aliphatic carbocycles. The fraction of sp³-hybridized carbons (Fsp3) is 0.167. The van der Waals surface area contributed by atoms with Crippen LogP contribution in [0.4, 0.5) is 5.69 Å². The predicted octanol–water partition coefficient (Wildman–Crippen LogP) is 2.75. The third-order valence-electron chi connectivity index (χ3n) is 4.03. The molecule has 0 bridgehead atoms. The van der Waals surface area contributed by atoms with Gasteiger partial charge in [-0.3, -0.25) is 10.1 Å². The third kappa shape index (κ3) is 4.52. The monoisotopic (exact) mass is 419 g/mol. The predicted molar refractivity (Wildman–Crippen MR) is 102 cm³/mol. The summed E-state index contributed by atoms with van der Waals surface area (Å²) >= 11 is 0. The second-order valence-electron chi connectivity index (χ2n) is 5.82. The Bertz CT molecular complexity index is 1120. The number of nitro benzene ring substituents is 1. The van der Waals surface area contributed by atoms with Crippen LogP contribution in [0.3, 0.4) is 0 Å². The van der Waals surface area contributed by atoms with Crippen LogP contribution in [-0.4, -0.2) is 32.7 Å². The summed E-state index contributed by atoms with van der Waals surface area (Å²) in [5.41, 5.74) is 1.00. The van der Waals surface area contributed by atoms with Crippen molar-refractivity contribution in [2.45, 2.75) is 11.4 Å². The molecule has 0 fully saturated rings. The van der Waals surface area contributed by atoms with E-state index in [0.29, 0.717) is 28.5 Å². The van der Waals surface area contributed by atoms with E-state index in [-0.39, 0.29) is 17.1 Å². The van der Waals surface area contributed by atoms with Crippen molar-refractivity contribution < 1.29 is 27.3 Å². The van der Waals surface area contributed by atoms with Crippen LogP contribution in [0.15, 0.2) is 57.9 Å². The molecule has 3 aromatic rings. The average Bonchev–Trinajstić information content (AvgIpc) is 3.21. The SMILES string of the molecule is COc1ccc(-c2cc(CNS(=O)(=O)c3ccc([N+](=O)[O-])cc3)on2)cc1OC. The van der Waals surface area contributed by atoms with Gasteiger partial charge in [0.1, 0.15) is 5.69 Å². The molecule has 29 heavy (non-hydrogen) atoms. The molecule has 0 aliphatic rings.